The minimum atomic E-state index is 0. The van der Waals surface area contributed by atoms with E-state index >= 15 is 0 Å². The fourth-order valence-electron chi connectivity index (χ4n) is 2.87. The van der Waals surface area contributed by atoms with Crippen molar-refractivity contribution in [1.82, 2.24) is 14.0 Å². The van der Waals surface area contributed by atoms with Crippen molar-refractivity contribution >= 4 is 16.7 Å². The summed E-state index contributed by atoms with van der Waals surface area (Å²) in [5.41, 5.74) is 2.49. The molecule has 6 heteroatoms. The summed E-state index contributed by atoms with van der Waals surface area (Å²) < 4.78 is 3.74. The van der Waals surface area contributed by atoms with Crippen LogP contribution in [0.1, 0.15) is 13.8 Å². The van der Waals surface area contributed by atoms with Crippen LogP contribution in [0.2, 0.25) is 0 Å². The first-order valence-electron chi connectivity index (χ1n) is 7.54. The maximum atomic E-state index is 12.7. The number of pyridine rings is 1. The zero-order valence-electron chi connectivity index (χ0n) is 12.9. The van der Waals surface area contributed by atoms with Crippen molar-refractivity contribution in [3.05, 3.63) is 47.0 Å². The van der Waals surface area contributed by atoms with Gasteiger partial charge < -0.3 is 17.3 Å². The third kappa shape index (κ3) is 2.74. The number of halogens is 1. The second kappa shape index (κ2) is 6.94. The van der Waals surface area contributed by atoms with Gasteiger partial charge in [0.25, 0.3) is 5.56 Å². The van der Waals surface area contributed by atoms with Crippen LogP contribution in [0.4, 0.5) is 0 Å². The zero-order chi connectivity index (χ0) is 14.8. The molecule has 0 radical (unpaired) electrons. The van der Waals surface area contributed by atoms with Crippen LogP contribution in [-0.4, -0.2) is 33.6 Å². The van der Waals surface area contributed by atoms with Crippen LogP contribution in [0.5, 0.6) is 0 Å². The third-order valence-electron chi connectivity index (χ3n) is 4.19. The first-order valence-corrected chi connectivity index (χ1v) is 7.54. The van der Waals surface area contributed by atoms with E-state index in [1.807, 2.05) is 39.4 Å². The highest BCUT2D eigenvalue weighted by Gasteiger charge is 2.12. The van der Waals surface area contributed by atoms with E-state index in [2.05, 4.69) is 18.8 Å². The monoisotopic (exact) mass is 320 g/mol. The standard InChI is InChI=1S/C16H20N4O.ClH/c1-3-18(4-2)11-12-20-13-7-5-9-17-15(13)19-10-6-8-14(19)16(20)21;/h5-10H,3-4,11-12H2,1-2H3;1H. The van der Waals surface area contributed by atoms with Crippen molar-refractivity contribution in [2.45, 2.75) is 20.4 Å². The molecule has 0 aliphatic heterocycles. The molecule has 3 aromatic heterocycles. The van der Waals surface area contributed by atoms with Crippen LogP contribution in [0.3, 0.4) is 0 Å². The minimum Gasteiger partial charge on any atom is -1.00 e. The number of hydrogen-bond acceptors (Lipinski definition) is 2. The lowest BCUT2D eigenvalue weighted by molar-refractivity contribution is -0.897. The van der Waals surface area contributed by atoms with Crippen LogP contribution in [0, 0.1) is 0 Å². The Morgan fingerprint density at radius 1 is 1.14 bits per heavy atom. The highest BCUT2D eigenvalue weighted by molar-refractivity contribution is 5.74. The second-order valence-corrected chi connectivity index (χ2v) is 5.27. The quantitative estimate of drug-likeness (QED) is 0.568. The first kappa shape index (κ1) is 16.5. The van der Waals surface area contributed by atoms with E-state index in [1.54, 1.807) is 6.20 Å². The lowest BCUT2D eigenvalue weighted by Crippen LogP contribution is -3.11. The predicted molar refractivity (Wildman–Crippen MR) is 83.9 cm³/mol. The molecule has 1 N–H and O–H groups in total. The molecule has 0 aromatic carbocycles. The van der Waals surface area contributed by atoms with Crippen molar-refractivity contribution in [2.24, 2.45) is 0 Å². The number of hydrogen-bond donors (Lipinski definition) is 1. The van der Waals surface area contributed by atoms with Crippen molar-refractivity contribution < 1.29 is 17.3 Å². The fourth-order valence-corrected chi connectivity index (χ4v) is 2.87. The molecule has 118 valence electrons. The van der Waals surface area contributed by atoms with Crippen molar-refractivity contribution in [1.29, 1.82) is 0 Å². The van der Waals surface area contributed by atoms with Crippen LogP contribution in [-0.2, 0) is 6.54 Å². The van der Waals surface area contributed by atoms with Crippen LogP contribution >= 0.6 is 0 Å². The van der Waals surface area contributed by atoms with Gasteiger partial charge in [0.15, 0.2) is 5.65 Å². The number of nitrogens with zero attached hydrogens (tertiary/aromatic N) is 3. The fraction of sp³-hybridized carbons (Fsp3) is 0.375. The van der Waals surface area contributed by atoms with Gasteiger partial charge in [0.1, 0.15) is 5.52 Å². The Balaban J connectivity index is 0.00000176. The van der Waals surface area contributed by atoms with E-state index < -0.39 is 0 Å². The molecule has 3 aromatic rings. The Hall–Kier alpha value is -1.85. The lowest BCUT2D eigenvalue weighted by Gasteiger charge is -2.17. The summed E-state index contributed by atoms with van der Waals surface area (Å²) in [6, 6.07) is 7.61. The smallest absolute Gasteiger partial charge is 0.275 e. The van der Waals surface area contributed by atoms with Gasteiger partial charge in [-0.05, 0) is 38.1 Å². The molecular formula is C16H21ClN4O. The molecule has 22 heavy (non-hydrogen) atoms. The summed E-state index contributed by atoms with van der Waals surface area (Å²) in [6.07, 6.45) is 3.66. The highest BCUT2D eigenvalue weighted by Crippen LogP contribution is 2.12. The summed E-state index contributed by atoms with van der Waals surface area (Å²) in [5.74, 6) is 0. The molecule has 0 amide bonds. The van der Waals surface area contributed by atoms with Gasteiger partial charge in [-0.25, -0.2) is 4.98 Å². The molecule has 3 heterocycles. The lowest BCUT2D eigenvalue weighted by atomic mass is 10.3. The highest BCUT2D eigenvalue weighted by atomic mass is 35.5. The molecule has 0 fully saturated rings. The molecule has 0 saturated heterocycles. The summed E-state index contributed by atoms with van der Waals surface area (Å²) in [6.45, 7) is 8.19. The Kier molecular flexibility index (Phi) is 5.21. The van der Waals surface area contributed by atoms with Gasteiger partial charge in [-0.2, -0.15) is 0 Å². The molecular weight excluding hydrogens is 300 g/mol. The molecule has 5 nitrogen and oxygen atoms in total. The van der Waals surface area contributed by atoms with Crippen LogP contribution in [0.25, 0.3) is 16.7 Å². The van der Waals surface area contributed by atoms with Crippen molar-refractivity contribution in [2.75, 3.05) is 19.6 Å². The first-order chi connectivity index (χ1) is 10.3. The Labute approximate surface area is 135 Å². The van der Waals surface area contributed by atoms with Gasteiger partial charge in [0, 0.05) is 12.4 Å². The molecule has 0 spiro atoms. The summed E-state index contributed by atoms with van der Waals surface area (Å²) in [5, 5.41) is 0. The number of rotatable bonds is 5. The molecule has 0 unspecified atom stereocenters. The molecule has 0 saturated carbocycles. The Bertz CT molecular complexity index is 820. The van der Waals surface area contributed by atoms with E-state index in [4.69, 9.17) is 0 Å². The van der Waals surface area contributed by atoms with E-state index in [9.17, 15) is 4.79 Å². The Morgan fingerprint density at radius 2 is 1.86 bits per heavy atom. The molecule has 0 aliphatic carbocycles. The van der Waals surface area contributed by atoms with Crippen molar-refractivity contribution in [3.8, 4) is 0 Å². The van der Waals surface area contributed by atoms with Gasteiger partial charge in [-0.15, -0.1) is 0 Å². The number of aromatic nitrogens is 3. The van der Waals surface area contributed by atoms with E-state index in [1.165, 1.54) is 4.90 Å². The zero-order valence-corrected chi connectivity index (χ0v) is 13.7. The average Bonchev–Trinajstić information content (AvgIpc) is 3.01. The van der Waals surface area contributed by atoms with Crippen LogP contribution < -0.4 is 22.9 Å². The normalized spacial score (nSPS) is 11.2. The number of fused-ring (bicyclic) bond motifs is 3. The summed E-state index contributed by atoms with van der Waals surface area (Å²) in [4.78, 5) is 18.6. The van der Waals surface area contributed by atoms with Gasteiger partial charge >= 0.3 is 0 Å². The Morgan fingerprint density at radius 3 is 2.59 bits per heavy atom. The minimum absolute atomic E-state index is 0. The SMILES string of the molecule is CC[NH+](CC)CCn1c(=O)c2cccn2c2ncccc21.[Cl-]. The summed E-state index contributed by atoms with van der Waals surface area (Å²) >= 11 is 0. The van der Waals surface area contributed by atoms with Crippen LogP contribution in [0.15, 0.2) is 41.5 Å². The maximum absolute atomic E-state index is 12.7. The largest absolute Gasteiger partial charge is 1.00 e. The predicted octanol–water partition coefficient (Wildman–Crippen LogP) is -2.42. The van der Waals surface area contributed by atoms with Gasteiger partial charge in [-0.3, -0.25) is 13.8 Å². The van der Waals surface area contributed by atoms with E-state index in [0.717, 1.165) is 37.3 Å². The topological polar surface area (TPSA) is 43.7 Å². The van der Waals surface area contributed by atoms with Gasteiger partial charge in [0.05, 0.1) is 31.7 Å². The summed E-state index contributed by atoms with van der Waals surface area (Å²) in [7, 11) is 0. The number of quaternary nitrogens is 1. The second-order valence-electron chi connectivity index (χ2n) is 5.27. The molecule has 0 bridgehead atoms. The number of nitrogens with one attached hydrogen (secondary N) is 1. The van der Waals surface area contributed by atoms with Gasteiger partial charge in [0.2, 0.25) is 0 Å². The van der Waals surface area contributed by atoms with Crippen molar-refractivity contribution in [3.63, 3.8) is 0 Å². The third-order valence-corrected chi connectivity index (χ3v) is 4.19. The van der Waals surface area contributed by atoms with E-state index in [0.29, 0.717) is 5.52 Å². The van der Waals surface area contributed by atoms with E-state index in [-0.39, 0.29) is 18.0 Å². The molecule has 0 aliphatic rings. The number of likely N-dealkylation sites (N-methyl/N-ethyl adjacent to an activating group) is 1. The maximum Gasteiger partial charge on any atom is 0.275 e. The van der Waals surface area contributed by atoms with Gasteiger partial charge in [-0.1, -0.05) is 0 Å². The molecule has 3 rings (SSSR count). The molecule has 0 atom stereocenters. The average molecular weight is 321 g/mol.